The number of pyridine rings is 1. The highest BCUT2D eigenvalue weighted by atomic mass is 16.5. The van der Waals surface area contributed by atoms with Crippen molar-refractivity contribution < 1.29 is 14.3 Å². The molecule has 1 amide bonds. The Labute approximate surface area is 187 Å². The van der Waals surface area contributed by atoms with Gasteiger partial charge in [-0.2, -0.15) is 0 Å². The lowest BCUT2D eigenvalue weighted by molar-refractivity contribution is -0.115. The topological polar surface area (TPSA) is 72.8 Å². The Morgan fingerprint density at radius 1 is 1.09 bits per heavy atom. The van der Waals surface area contributed by atoms with Crippen molar-refractivity contribution in [3.05, 3.63) is 70.1 Å². The molecule has 1 fully saturated rings. The lowest BCUT2D eigenvalue weighted by Crippen LogP contribution is -2.39. The highest BCUT2D eigenvalue weighted by Gasteiger charge is 2.13. The summed E-state index contributed by atoms with van der Waals surface area (Å²) in [5.41, 5.74) is 2.50. The Morgan fingerprint density at radius 3 is 2.66 bits per heavy atom. The molecule has 0 radical (unpaired) electrons. The standard InChI is InChI=1S/C25H29N3O4/c1-18-16-19(6-7-23(18)31-2)17-24(29)26-22-5-3-4-21-20(22)8-9-28(25(21)30)11-10-27-12-14-32-15-13-27/h3-9,16H,10-15,17H2,1-2H3,(H,26,29). The van der Waals surface area contributed by atoms with Crippen LogP contribution in [0, 0.1) is 6.92 Å². The SMILES string of the molecule is COc1ccc(CC(=O)Nc2cccc3c(=O)n(CCN4CCOCC4)ccc23)cc1C. The number of fused-ring (bicyclic) bond motifs is 1. The number of amides is 1. The predicted molar refractivity (Wildman–Crippen MR) is 126 cm³/mol. The number of ether oxygens (including phenoxy) is 2. The van der Waals surface area contributed by atoms with Gasteiger partial charge in [0.25, 0.3) is 5.56 Å². The van der Waals surface area contributed by atoms with E-state index in [1.807, 2.05) is 55.6 Å². The van der Waals surface area contributed by atoms with Gasteiger partial charge in [0.2, 0.25) is 5.91 Å². The summed E-state index contributed by atoms with van der Waals surface area (Å²) in [7, 11) is 1.63. The zero-order valence-electron chi connectivity index (χ0n) is 18.6. The quantitative estimate of drug-likeness (QED) is 0.618. The minimum absolute atomic E-state index is 0.0439. The van der Waals surface area contributed by atoms with Crippen molar-refractivity contribution in [1.82, 2.24) is 9.47 Å². The number of nitrogens with zero attached hydrogens (tertiary/aromatic N) is 2. The van der Waals surface area contributed by atoms with Crippen LogP contribution in [0.1, 0.15) is 11.1 Å². The molecule has 0 atom stereocenters. The molecule has 32 heavy (non-hydrogen) atoms. The van der Waals surface area contributed by atoms with Gasteiger partial charge in [0.1, 0.15) is 5.75 Å². The van der Waals surface area contributed by atoms with Gasteiger partial charge in [0.05, 0.1) is 26.7 Å². The second-order valence-corrected chi connectivity index (χ2v) is 8.06. The van der Waals surface area contributed by atoms with Crippen LogP contribution in [0.25, 0.3) is 10.8 Å². The van der Waals surface area contributed by atoms with Crippen LogP contribution in [0.4, 0.5) is 5.69 Å². The Kier molecular flexibility index (Phi) is 6.87. The van der Waals surface area contributed by atoms with Crippen molar-refractivity contribution in [3.63, 3.8) is 0 Å². The summed E-state index contributed by atoms with van der Waals surface area (Å²) < 4.78 is 12.4. The van der Waals surface area contributed by atoms with E-state index < -0.39 is 0 Å². The van der Waals surface area contributed by atoms with Crippen LogP contribution in [0.3, 0.4) is 0 Å². The summed E-state index contributed by atoms with van der Waals surface area (Å²) in [6.45, 7) is 6.67. The molecule has 4 rings (SSSR count). The van der Waals surface area contributed by atoms with Gasteiger partial charge in [-0.05, 0) is 42.3 Å². The number of aryl methyl sites for hydroxylation is 1. The molecule has 0 unspecified atom stereocenters. The number of carbonyl (C=O) groups is 1. The Hall–Kier alpha value is -3.16. The number of hydrogen-bond donors (Lipinski definition) is 1. The molecular formula is C25H29N3O4. The fourth-order valence-corrected chi connectivity index (χ4v) is 4.11. The zero-order valence-corrected chi connectivity index (χ0v) is 18.6. The van der Waals surface area contributed by atoms with Crippen molar-refractivity contribution in [2.45, 2.75) is 19.9 Å². The molecule has 0 spiro atoms. The van der Waals surface area contributed by atoms with E-state index in [2.05, 4.69) is 10.2 Å². The smallest absolute Gasteiger partial charge is 0.258 e. The average Bonchev–Trinajstić information content (AvgIpc) is 2.80. The van der Waals surface area contributed by atoms with E-state index in [-0.39, 0.29) is 17.9 Å². The van der Waals surface area contributed by atoms with E-state index in [0.29, 0.717) is 17.6 Å². The molecule has 7 nitrogen and oxygen atoms in total. The maximum atomic E-state index is 13.0. The average molecular weight is 436 g/mol. The van der Waals surface area contributed by atoms with Gasteiger partial charge in [0.15, 0.2) is 0 Å². The Bertz CT molecular complexity index is 1170. The van der Waals surface area contributed by atoms with Gasteiger partial charge in [-0.3, -0.25) is 14.5 Å². The fraction of sp³-hybridized carbons (Fsp3) is 0.360. The number of hydrogen-bond acceptors (Lipinski definition) is 5. The molecule has 0 aliphatic carbocycles. The molecule has 7 heteroatoms. The van der Waals surface area contributed by atoms with Crippen molar-refractivity contribution in [3.8, 4) is 5.75 Å². The van der Waals surface area contributed by atoms with Crippen LogP contribution in [0.15, 0.2) is 53.5 Å². The summed E-state index contributed by atoms with van der Waals surface area (Å²) in [6.07, 6.45) is 2.06. The van der Waals surface area contributed by atoms with Crippen LogP contribution in [-0.2, 0) is 22.5 Å². The molecule has 0 bridgehead atoms. The number of morpholine rings is 1. The van der Waals surface area contributed by atoms with Gasteiger partial charge in [-0.25, -0.2) is 0 Å². The third-order valence-corrected chi connectivity index (χ3v) is 5.88. The maximum Gasteiger partial charge on any atom is 0.258 e. The molecule has 1 aromatic heterocycles. The molecule has 2 aromatic carbocycles. The number of carbonyl (C=O) groups excluding carboxylic acids is 1. The lowest BCUT2D eigenvalue weighted by Gasteiger charge is -2.26. The Morgan fingerprint density at radius 2 is 1.91 bits per heavy atom. The summed E-state index contributed by atoms with van der Waals surface area (Å²) in [5.74, 6) is 0.673. The van der Waals surface area contributed by atoms with E-state index in [9.17, 15) is 9.59 Å². The van der Waals surface area contributed by atoms with Crippen molar-refractivity contribution in [2.24, 2.45) is 0 Å². The van der Waals surface area contributed by atoms with E-state index in [1.165, 1.54) is 0 Å². The Balaban J connectivity index is 1.48. The number of aromatic nitrogens is 1. The van der Waals surface area contributed by atoms with Crippen molar-refractivity contribution in [1.29, 1.82) is 0 Å². The van der Waals surface area contributed by atoms with Crippen LogP contribution in [0.5, 0.6) is 5.75 Å². The highest BCUT2D eigenvalue weighted by Crippen LogP contribution is 2.22. The van der Waals surface area contributed by atoms with Gasteiger partial charge < -0.3 is 19.4 Å². The highest BCUT2D eigenvalue weighted by molar-refractivity contribution is 6.02. The van der Waals surface area contributed by atoms with Gasteiger partial charge in [-0.1, -0.05) is 18.2 Å². The van der Waals surface area contributed by atoms with E-state index >= 15 is 0 Å². The number of nitrogens with one attached hydrogen (secondary N) is 1. The van der Waals surface area contributed by atoms with Crippen LogP contribution >= 0.6 is 0 Å². The largest absolute Gasteiger partial charge is 0.496 e. The van der Waals surface area contributed by atoms with Crippen LogP contribution in [-0.4, -0.2) is 55.3 Å². The first-order chi connectivity index (χ1) is 15.5. The van der Waals surface area contributed by atoms with E-state index in [4.69, 9.17) is 9.47 Å². The first-order valence-electron chi connectivity index (χ1n) is 10.9. The zero-order chi connectivity index (χ0) is 22.5. The van der Waals surface area contributed by atoms with Gasteiger partial charge in [-0.15, -0.1) is 0 Å². The molecule has 1 N–H and O–H groups in total. The van der Waals surface area contributed by atoms with Crippen LogP contribution in [0.2, 0.25) is 0 Å². The summed E-state index contributed by atoms with van der Waals surface area (Å²) in [6, 6.07) is 13.1. The third-order valence-electron chi connectivity index (χ3n) is 5.88. The van der Waals surface area contributed by atoms with E-state index in [1.54, 1.807) is 11.7 Å². The summed E-state index contributed by atoms with van der Waals surface area (Å²) >= 11 is 0. The number of rotatable bonds is 7. The molecule has 1 saturated heterocycles. The van der Waals surface area contributed by atoms with E-state index in [0.717, 1.165) is 55.1 Å². The second-order valence-electron chi connectivity index (χ2n) is 8.06. The fourth-order valence-electron chi connectivity index (χ4n) is 4.11. The third kappa shape index (κ3) is 5.00. The number of anilines is 1. The minimum Gasteiger partial charge on any atom is -0.496 e. The molecule has 2 heterocycles. The summed E-state index contributed by atoms with van der Waals surface area (Å²) in [5, 5.41) is 4.33. The second kappa shape index (κ2) is 9.97. The minimum atomic E-state index is -0.126. The lowest BCUT2D eigenvalue weighted by atomic mass is 10.1. The molecular weight excluding hydrogens is 406 g/mol. The molecule has 3 aromatic rings. The normalized spacial score (nSPS) is 14.4. The van der Waals surface area contributed by atoms with Crippen molar-refractivity contribution >= 4 is 22.4 Å². The molecule has 0 saturated carbocycles. The van der Waals surface area contributed by atoms with Crippen LogP contribution < -0.4 is 15.6 Å². The molecule has 1 aliphatic rings. The first-order valence-corrected chi connectivity index (χ1v) is 10.9. The monoisotopic (exact) mass is 435 g/mol. The van der Waals surface area contributed by atoms with Gasteiger partial charge in [0, 0.05) is 48.8 Å². The van der Waals surface area contributed by atoms with Crippen molar-refractivity contribution in [2.75, 3.05) is 45.3 Å². The maximum absolute atomic E-state index is 13.0. The number of benzene rings is 2. The summed E-state index contributed by atoms with van der Waals surface area (Å²) in [4.78, 5) is 28.0. The first kappa shape index (κ1) is 22.0. The molecule has 168 valence electrons. The number of methoxy groups -OCH3 is 1. The molecule has 1 aliphatic heterocycles. The van der Waals surface area contributed by atoms with Gasteiger partial charge >= 0.3 is 0 Å². The predicted octanol–water partition coefficient (Wildman–Crippen LogP) is 2.83.